The summed E-state index contributed by atoms with van der Waals surface area (Å²) in [4.78, 5) is 10.7. The van der Waals surface area contributed by atoms with Gasteiger partial charge in [-0.2, -0.15) is 0 Å². The Labute approximate surface area is 70.1 Å². The van der Waals surface area contributed by atoms with Crippen molar-refractivity contribution in [2.75, 3.05) is 6.54 Å². The first-order chi connectivity index (χ1) is 5.79. The van der Waals surface area contributed by atoms with Gasteiger partial charge in [-0.25, -0.2) is 9.80 Å². The Kier molecular flexibility index (Phi) is 1.62. The van der Waals surface area contributed by atoms with Crippen LogP contribution in [0.1, 0.15) is 6.42 Å². The van der Waals surface area contributed by atoms with Crippen molar-refractivity contribution in [2.45, 2.75) is 12.5 Å². The fourth-order valence-electron chi connectivity index (χ4n) is 1.56. The van der Waals surface area contributed by atoms with Crippen molar-refractivity contribution in [3.8, 4) is 0 Å². The predicted molar refractivity (Wildman–Crippen MR) is 43.1 cm³/mol. The van der Waals surface area contributed by atoms with Gasteiger partial charge in [0.05, 0.1) is 11.6 Å². The SMILES string of the molecule is O=C(O)C1=CNN2CC=CCC12. The molecule has 0 saturated carbocycles. The van der Waals surface area contributed by atoms with Crippen molar-refractivity contribution < 1.29 is 9.90 Å². The summed E-state index contributed by atoms with van der Waals surface area (Å²) in [5.74, 6) is -0.828. The summed E-state index contributed by atoms with van der Waals surface area (Å²) in [5.41, 5.74) is 3.39. The van der Waals surface area contributed by atoms with Crippen LogP contribution < -0.4 is 5.43 Å². The van der Waals surface area contributed by atoms with E-state index < -0.39 is 5.97 Å². The summed E-state index contributed by atoms with van der Waals surface area (Å²) in [6.07, 6.45) is 6.40. The molecule has 0 aromatic carbocycles. The molecule has 0 saturated heterocycles. The Morgan fingerprint density at radius 3 is 3.25 bits per heavy atom. The van der Waals surface area contributed by atoms with Crippen molar-refractivity contribution in [2.24, 2.45) is 0 Å². The maximum absolute atomic E-state index is 10.7. The quantitative estimate of drug-likeness (QED) is 0.542. The summed E-state index contributed by atoms with van der Waals surface area (Å²) < 4.78 is 0. The third kappa shape index (κ3) is 1.00. The van der Waals surface area contributed by atoms with Crippen LogP contribution in [-0.2, 0) is 4.79 Å². The second kappa shape index (κ2) is 2.64. The number of carboxylic acids is 1. The first-order valence-electron chi connectivity index (χ1n) is 3.90. The van der Waals surface area contributed by atoms with E-state index in [4.69, 9.17) is 5.11 Å². The molecule has 0 fully saturated rings. The van der Waals surface area contributed by atoms with Crippen LogP contribution in [0.4, 0.5) is 0 Å². The minimum absolute atomic E-state index is 0.0208. The molecule has 2 N–H and O–H groups in total. The van der Waals surface area contributed by atoms with Crippen LogP contribution in [0.3, 0.4) is 0 Å². The molecule has 2 aliphatic heterocycles. The first kappa shape index (κ1) is 7.36. The molecule has 4 nitrogen and oxygen atoms in total. The lowest BCUT2D eigenvalue weighted by Gasteiger charge is -2.26. The largest absolute Gasteiger partial charge is 0.478 e. The highest BCUT2D eigenvalue weighted by molar-refractivity contribution is 5.88. The number of fused-ring (bicyclic) bond motifs is 1. The second-order valence-corrected chi connectivity index (χ2v) is 2.91. The number of carboxylic acid groups (broad SMARTS) is 1. The van der Waals surface area contributed by atoms with Crippen LogP contribution in [0.15, 0.2) is 23.9 Å². The van der Waals surface area contributed by atoms with Gasteiger partial charge in [0.15, 0.2) is 0 Å². The normalized spacial score (nSPS) is 27.7. The molecule has 4 heteroatoms. The highest BCUT2D eigenvalue weighted by atomic mass is 16.4. The minimum Gasteiger partial charge on any atom is -0.478 e. The van der Waals surface area contributed by atoms with Crippen LogP contribution in [-0.4, -0.2) is 28.7 Å². The zero-order valence-electron chi connectivity index (χ0n) is 6.53. The number of rotatable bonds is 1. The van der Waals surface area contributed by atoms with Crippen LogP contribution in [0.5, 0.6) is 0 Å². The maximum atomic E-state index is 10.7. The highest BCUT2D eigenvalue weighted by Gasteiger charge is 2.31. The van der Waals surface area contributed by atoms with E-state index in [0.717, 1.165) is 13.0 Å². The highest BCUT2D eigenvalue weighted by Crippen LogP contribution is 2.21. The molecule has 0 radical (unpaired) electrons. The Morgan fingerprint density at radius 1 is 1.67 bits per heavy atom. The number of carbonyl (C=O) groups is 1. The summed E-state index contributed by atoms with van der Waals surface area (Å²) in [7, 11) is 0. The van der Waals surface area contributed by atoms with E-state index in [1.807, 2.05) is 17.2 Å². The molecule has 2 rings (SSSR count). The van der Waals surface area contributed by atoms with Gasteiger partial charge in [-0.3, -0.25) is 0 Å². The van der Waals surface area contributed by atoms with Crippen molar-refractivity contribution in [1.29, 1.82) is 0 Å². The summed E-state index contributed by atoms with van der Waals surface area (Å²) in [6.45, 7) is 0.776. The van der Waals surface area contributed by atoms with Gasteiger partial charge < -0.3 is 10.5 Å². The van der Waals surface area contributed by atoms with Gasteiger partial charge in [0.25, 0.3) is 0 Å². The molecule has 64 valence electrons. The molecule has 12 heavy (non-hydrogen) atoms. The van der Waals surface area contributed by atoms with E-state index in [-0.39, 0.29) is 6.04 Å². The fourth-order valence-corrected chi connectivity index (χ4v) is 1.56. The molecule has 0 aliphatic carbocycles. The number of aliphatic carboxylic acids is 1. The van der Waals surface area contributed by atoms with Crippen molar-refractivity contribution in [3.63, 3.8) is 0 Å². The van der Waals surface area contributed by atoms with E-state index in [1.54, 1.807) is 6.20 Å². The molecule has 2 heterocycles. The van der Waals surface area contributed by atoms with Gasteiger partial charge in [-0.05, 0) is 6.42 Å². The van der Waals surface area contributed by atoms with Crippen LogP contribution in [0.25, 0.3) is 0 Å². The zero-order valence-corrected chi connectivity index (χ0v) is 6.53. The molecule has 0 amide bonds. The van der Waals surface area contributed by atoms with E-state index >= 15 is 0 Å². The molecule has 0 spiro atoms. The van der Waals surface area contributed by atoms with E-state index in [1.165, 1.54) is 0 Å². The summed E-state index contributed by atoms with van der Waals surface area (Å²) in [5, 5.41) is 10.7. The molecule has 1 unspecified atom stereocenters. The average Bonchev–Trinajstić information content (AvgIpc) is 2.47. The molecule has 0 aromatic heterocycles. The molecular weight excluding hydrogens is 156 g/mol. The minimum atomic E-state index is -0.828. The number of nitrogens with one attached hydrogen (secondary N) is 1. The maximum Gasteiger partial charge on any atom is 0.334 e. The number of hydrogen-bond donors (Lipinski definition) is 2. The van der Waals surface area contributed by atoms with Crippen molar-refractivity contribution in [1.82, 2.24) is 10.4 Å². The average molecular weight is 166 g/mol. The van der Waals surface area contributed by atoms with E-state index in [0.29, 0.717) is 5.57 Å². The van der Waals surface area contributed by atoms with Crippen molar-refractivity contribution in [3.05, 3.63) is 23.9 Å². The second-order valence-electron chi connectivity index (χ2n) is 2.91. The van der Waals surface area contributed by atoms with Gasteiger partial charge in [-0.15, -0.1) is 0 Å². The van der Waals surface area contributed by atoms with Crippen LogP contribution in [0, 0.1) is 0 Å². The summed E-state index contributed by atoms with van der Waals surface area (Å²) >= 11 is 0. The first-order valence-corrected chi connectivity index (χ1v) is 3.90. The number of hydrogen-bond acceptors (Lipinski definition) is 3. The number of hydrazine groups is 1. The van der Waals surface area contributed by atoms with Gasteiger partial charge in [-0.1, -0.05) is 12.2 Å². The zero-order chi connectivity index (χ0) is 8.55. The van der Waals surface area contributed by atoms with Crippen LogP contribution in [0.2, 0.25) is 0 Å². The topological polar surface area (TPSA) is 52.6 Å². The molecule has 2 aliphatic rings. The Morgan fingerprint density at radius 2 is 2.50 bits per heavy atom. The van der Waals surface area contributed by atoms with E-state index in [9.17, 15) is 4.79 Å². The number of nitrogens with zero attached hydrogens (tertiary/aromatic N) is 1. The van der Waals surface area contributed by atoms with Gasteiger partial charge in [0, 0.05) is 12.7 Å². The molecule has 1 atom stereocenters. The van der Waals surface area contributed by atoms with Gasteiger partial charge in [0.2, 0.25) is 0 Å². The third-order valence-corrected chi connectivity index (χ3v) is 2.20. The summed E-state index contributed by atoms with van der Waals surface area (Å²) in [6, 6.07) is 0.0208. The Balaban J connectivity index is 2.19. The van der Waals surface area contributed by atoms with E-state index in [2.05, 4.69) is 5.43 Å². The smallest absolute Gasteiger partial charge is 0.334 e. The molecule has 0 aromatic rings. The standard InChI is InChI=1S/C8H10N2O2/c11-8(12)6-5-9-10-4-2-1-3-7(6)10/h1-2,5,7,9H,3-4H2,(H,11,12). The fraction of sp³-hybridized carbons (Fsp3) is 0.375. The Bertz CT molecular complexity index is 270. The lowest BCUT2D eigenvalue weighted by molar-refractivity contribution is -0.133. The molecular formula is C8H10N2O2. The predicted octanol–water partition coefficient (Wildman–Crippen LogP) is 0.104. The lowest BCUT2D eigenvalue weighted by atomic mass is 10.0. The monoisotopic (exact) mass is 166 g/mol. The molecule has 0 bridgehead atoms. The third-order valence-electron chi connectivity index (χ3n) is 2.20. The Hall–Kier alpha value is -1.29. The lowest BCUT2D eigenvalue weighted by Crippen LogP contribution is -2.41. The van der Waals surface area contributed by atoms with Gasteiger partial charge in [0.1, 0.15) is 0 Å². The van der Waals surface area contributed by atoms with Gasteiger partial charge >= 0.3 is 5.97 Å². The van der Waals surface area contributed by atoms with Crippen molar-refractivity contribution >= 4 is 5.97 Å². The van der Waals surface area contributed by atoms with Crippen LogP contribution >= 0.6 is 0 Å².